The standard InChI is InChI=1S/C17H16O2/c1-2-11-7-8-14-12-5-3-4-6-13(12)16(10-17(18)19)15(14)9-11/h3-9,16H,2,10H2,1H3,(H,18,19). The zero-order valence-electron chi connectivity index (χ0n) is 10.9. The number of fused-ring (bicyclic) bond motifs is 3. The van der Waals surface area contributed by atoms with Crippen LogP contribution in [0, 0.1) is 0 Å². The number of hydrogen-bond acceptors (Lipinski definition) is 1. The van der Waals surface area contributed by atoms with E-state index in [1.54, 1.807) is 0 Å². The number of rotatable bonds is 3. The van der Waals surface area contributed by atoms with E-state index in [-0.39, 0.29) is 12.3 Å². The molecule has 0 radical (unpaired) electrons. The molecule has 0 amide bonds. The van der Waals surface area contributed by atoms with Gasteiger partial charge in [-0.1, -0.05) is 49.4 Å². The molecule has 3 rings (SSSR count). The third kappa shape index (κ3) is 1.93. The van der Waals surface area contributed by atoms with Crippen LogP contribution in [-0.2, 0) is 11.2 Å². The molecule has 2 heteroatoms. The summed E-state index contributed by atoms with van der Waals surface area (Å²) in [7, 11) is 0. The number of aryl methyl sites for hydroxylation is 1. The lowest BCUT2D eigenvalue weighted by atomic mass is 9.92. The number of hydrogen-bond donors (Lipinski definition) is 1. The predicted molar refractivity (Wildman–Crippen MR) is 75.4 cm³/mol. The van der Waals surface area contributed by atoms with Crippen molar-refractivity contribution in [3.05, 3.63) is 59.2 Å². The molecule has 1 aliphatic rings. The van der Waals surface area contributed by atoms with Crippen LogP contribution in [0.15, 0.2) is 42.5 Å². The first-order valence-corrected chi connectivity index (χ1v) is 6.64. The highest BCUT2D eigenvalue weighted by atomic mass is 16.4. The van der Waals surface area contributed by atoms with E-state index in [2.05, 4.69) is 37.3 Å². The first-order chi connectivity index (χ1) is 9.20. The number of carboxylic acid groups (broad SMARTS) is 1. The van der Waals surface area contributed by atoms with E-state index in [4.69, 9.17) is 5.11 Å². The fourth-order valence-corrected chi connectivity index (χ4v) is 2.97. The molecule has 2 aromatic rings. The average Bonchev–Trinajstić information content (AvgIpc) is 2.72. The maximum Gasteiger partial charge on any atom is 0.304 e. The fraction of sp³-hybridized carbons (Fsp3) is 0.235. The highest BCUT2D eigenvalue weighted by molar-refractivity contribution is 5.82. The molecule has 1 N–H and O–H groups in total. The van der Waals surface area contributed by atoms with E-state index in [0.717, 1.165) is 12.0 Å². The van der Waals surface area contributed by atoms with E-state index >= 15 is 0 Å². The summed E-state index contributed by atoms with van der Waals surface area (Å²) in [6.45, 7) is 2.12. The molecule has 2 aromatic carbocycles. The smallest absolute Gasteiger partial charge is 0.304 e. The SMILES string of the molecule is CCc1ccc2c(c1)C(CC(=O)O)c1ccccc1-2. The van der Waals surface area contributed by atoms with E-state index in [1.165, 1.54) is 22.3 Å². The Kier molecular flexibility index (Phi) is 2.86. The summed E-state index contributed by atoms with van der Waals surface area (Å²) in [5, 5.41) is 9.15. The minimum atomic E-state index is -0.741. The van der Waals surface area contributed by atoms with Crippen LogP contribution >= 0.6 is 0 Å². The topological polar surface area (TPSA) is 37.3 Å². The first-order valence-electron chi connectivity index (χ1n) is 6.64. The highest BCUT2D eigenvalue weighted by Crippen LogP contribution is 2.46. The molecule has 0 heterocycles. The van der Waals surface area contributed by atoms with E-state index < -0.39 is 5.97 Å². The fourth-order valence-electron chi connectivity index (χ4n) is 2.97. The number of benzene rings is 2. The molecule has 96 valence electrons. The average molecular weight is 252 g/mol. The Hall–Kier alpha value is -2.09. The van der Waals surface area contributed by atoms with Gasteiger partial charge >= 0.3 is 5.97 Å². The summed E-state index contributed by atoms with van der Waals surface area (Å²) in [6.07, 6.45) is 1.14. The lowest BCUT2D eigenvalue weighted by Crippen LogP contribution is -2.05. The van der Waals surface area contributed by atoms with Crippen molar-refractivity contribution in [2.45, 2.75) is 25.7 Å². The molecular formula is C17H16O2. The molecule has 2 nitrogen and oxygen atoms in total. The van der Waals surface area contributed by atoms with Crippen molar-refractivity contribution in [2.24, 2.45) is 0 Å². The van der Waals surface area contributed by atoms with Crippen LogP contribution in [0.25, 0.3) is 11.1 Å². The maximum atomic E-state index is 11.1. The van der Waals surface area contributed by atoms with Crippen LogP contribution in [-0.4, -0.2) is 11.1 Å². The first kappa shape index (κ1) is 12.0. The molecule has 0 saturated heterocycles. The summed E-state index contributed by atoms with van der Waals surface area (Å²) < 4.78 is 0. The minimum Gasteiger partial charge on any atom is -0.481 e. The predicted octanol–water partition coefficient (Wildman–Crippen LogP) is 3.84. The van der Waals surface area contributed by atoms with Crippen molar-refractivity contribution in [1.29, 1.82) is 0 Å². The van der Waals surface area contributed by atoms with Crippen molar-refractivity contribution >= 4 is 5.97 Å². The van der Waals surface area contributed by atoms with Crippen molar-refractivity contribution < 1.29 is 9.90 Å². The quantitative estimate of drug-likeness (QED) is 0.901. The van der Waals surface area contributed by atoms with Gasteiger partial charge < -0.3 is 5.11 Å². The van der Waals surface area contributed by atoms with Gasteiger partial charge in [0.1, 0.15) is 0 Å². The Morgan fingerprint density at radius 1 is 1.11 bits per heavy atom. The second-order valence-electron chi connectivity index (χ2n) is 5.01. The van der Waals surface area contributed by atoms with Gasteiger partial charge in [0, 0.05) is 5.92 Å². The van der Waals surface area contributed by atoms with Crippen molar-refractivity contribution in [1.82, 2.24) is 0 Å². The second-order valence-corrected chi connectivity index (χ2v) is 5.01. The Balaban J connectivity index is 2.18. The molecule has 0 saturated carbocycles. The molecule has 0 aromatic heterocycles. The summed E-state index contributed by atoms with van der Waals surface area (Å²) in [5.41, 5.74) is 5.96. The molecule has 1 atom stereocenters. The van der Waals surface area contributed by atoms with Crippen LogP contribution in [0.2, 0.25) is 0 Å². The van der Waals surface area contributed by atoms with Crippen molar-refractivity contribution in [3.8, 4) is 11.1 Å². The van der Waals surface area contributed by atoms with Crippen molar-refractivity contribution in [2.75, 3.05) is 0 Å². The highest BCUT2D eigenvalue weighted by Gasteiger charge is 2.29. The summed E-state index contributed by atoms with van der Waals surface area (Å²) in [5.74, 6) is -0.746. The molecule has 0 aliphatic heterocycles. The Labute approximate surface area is 112 Å². The number of carbonyl (C=O) groups is 1. The molecular weight excluding hydrogens is 236 g/mol. The number of aliphatic carboxylic acids is 1. The lowest BCUT2D eigenvalue weighted by Gasteiger charge is -2.11. The van der Waals surface area contributed by atoms with Gasteiger partial charge in [0.2, 0.25) is 0 Å². The largest absolute Gasteiger partial charge is 0.481 e. The Bertz CT molecular complexity index is 643. The van der Waals surface area contributed by atoms with Crippen LogP contribution < -0.4 is 0 Å². The third-order valence-corrected chi connectivity index (χ3v) is 3.90. The van der Waals surface area contributed by atoms with Gasteiger partial charge in [-0.25, -0.2) is 0 Å². The maximum absolute atomic E-state index is 11.1. The van der Waals surface area contributed by atoms with Gasteiger partial charge in [-0.15, -0.1) is 0 Å². The van der Waals surface area contributed by atoms with Gasteiger partial charge in [-0.2, -0.15) is 0 Å². The van der Waals surface area contributed by atoms with Crippen LogP contribution in [0.4, 0.5) is 0 Å². The van der Waals surface area contributed by atoms with Crippen molar-refractivity contribution in [3.63, 3.8) is 0 Å². The van der Waals surface area contributed by atoms with Crippen LogP contribution in [0.5, 0.6) is 0 Å². The monoisotopic (exact) mass is 252 g/mol. The molecule has 19 heavy (non-hydrogen) atoms. The zero-order chi connectivity index (χ0) is 13.4. The molecule has 1 aliphatic carbocycles. The summed E-state index contributed by atoms with van der Waals surface area (Å²) >= 11 is 0. The van der Waals surface area contributed by atoms with Gasteiger partial charge in [0.05, 0.1) is 6.42 Å². The third-order valence-electron chi connectivity index (χ3n) is 3.90. The second kappa shape index (κ2) is 4.54. The summed E-state index contributed by atoms with van der Waals surface area (Å²) in [6, 6.07) is 14.6. The molecule has 1 unspecified atom stereocenters. The van der Waals surface area contributed by atoms with Crippen LogP contribution in [0.3, 0.4) is 0 Å². The summed E-state index contributed by atoms with van der Waals surface area (Å²) in [4.78, 5) is 11.1. The Morgan fingerprint density at radius 2 is 1.84 bits per heavy atom. The van der Waals surface area contributed by atoms with E-state index in [1.807, 2.05) is 12.1 Å². The van der Waals surface area contributed by atoms with E-state index in [9.17, 15) is 4.79 Å². The van der Waals surface area contributed by atoms with Gasteiger partial charge in [0.25, 0.3) is 0 Å². The minimum absolute atomic E-state index is 0.00444. The van der Waals surface area contributed by atoms with E-state index in [0.29, 0.717) is 0 Å². The Morgan fingerprint density at radius 3 is 2.58 bits per heavy atom. The van der Waals surface area contributed by atoms with Gasteiger partial charge in [-0.05, 0) is 34.2 Å². The molecule has 0 fully saturated rings. The molecule has 0 spiro atoms. The van der Waals surface area contributed by atoms with Gasteiger partial charge in [-0.3, -0.25) is 4.79 Å². The normalized spacial score (nSPS) is 15.9. The molecule has 0 bridgehead atoms. The zero-order valence-corrected chi connectivity index (χ0v) is 10.9. The van der Waals surface area contributed by atoms with Gasteiger partial charge in [0.15, 0.2) is 0 Å². The lowest BCUT2D eigenvalue weighted by molar-refractivity contribution is -0.137. The number of carboxylic acids is 1. The van der Waals surface area contributed by atoms with Crippen LogP contribution in [0.1, 0.15) is 36.0 Å².